The number of benzene rings is 2. The Balaban J connectivity index is 1.75. The van der Waals surface area contributed by atoms with Gasteiger partial charge in [0, 0.05) is 0 Å². The number of para-hydroxylation sites is 1. The molecule has 0 spiro atoms. The van der Waals surface area contributed by atoms with E-state index in [0.717, 1.165) is 10.2 Å². The minimum Gasteiger partial charge on any atom is -0.340 e. The van der Waals surface area contributed by atoms with Crippen molar-refractivity contribution in [1.29, 1.82) is 0 Å². The van der Waals surface area contributed by atoms with E-state index < -0.39 is 17.8 Å². The van der Waals surface area contributed by atoms with Crippen molar-refractivity contribution in [2.24, 2.45) is 5.92 Å². The van der Waals surface area contributed by atoms with Crippen molar-refractivity contribution in [3.63, 3.8) is 0 Å². The van der Waals surface area contributed by atoms with E-state index in [1.165, 1.54) is 29.5 Å². The van der Waals surface area contributed by atoms with Crippen molar-refractivity contribution >= 4 is 38.5 Å². The predicted molar refractivity (Wildman–Crippen MR) is 101 cm³/mol. The Morgan fingerprint density at radius 3 is 2.46 bits per heavy atom. The van der Waals surface area contributed by atoms with Crippen LogP contribution in [0.15, 0.2) is 48.5 Å². The molecular formula is C19H18FN3O2S. The number of thiazole rings is 1. The summed E-state index contributed by atoms with van der Waals surface area (Å²) >= 11 is 1.36. The summed E-state index contributed by atoms with van der Waals surface area (Å²) in [5.74, 6) is -1.82. The number of hydrogen-bond acceptors (Lipinski definition) is 4. The summed E-state index contributed by atoms with van der Waals surface area (Å²) in [6.45, 7) is 3.62. The number of amides is 2. The molecule has 2 amide bonds. The zero-order valence-electron chi connectivity index (χ0n) is 14.3. The van der Waals surface area contributed by atoms with Crippen LogP contribution >= 0.6 is 11.3 Å². The Labute approximate surface area is 154 Å². The smallest absolute Gasteiger partial charge is 0.254 e. The second-order valence-electron chi connectivity index (χ2n) is 6.15. The van der Waals surface area contributed by atoms with Gasteiger partial charge in [0.2, 0.25) is 5.91 Å². The van der Waals surface area contributed by atoms with Gasteiger partial charge in [-0.1, -0.05) is 49.4 Å². The first-order chi connectivity index (χ1) is 12.5. The van der Waals surface area contributed by atoms with Gasteiger partial charge in [0.05, 0.1) is 15.8 Å². The minimum absolute atomic E-state index is 0.0917. The molecule has 26 heavy (non-hydrogen) atoms. The summed E-state index contributed by atoms with van der Waals surface area (Å²) in [6, 6.07) is 12.4. The van der Waals surface area contributed by atoms with Gasteiger partial charge in [0.1, 0.15) is 11.9 Å². The normalized spacial score (nSPS) is 12.2. The van der Waals surface area contributed by atoms with Crippen LogP contribution in [0.5, 0.6) is 0 Å². The lowest BCUT2D eigenvalue weighted by Crippen LogP contribution is -2.47. The summed E-state index contributed by atoms with van der Waals surface area (Å²) in [5.41, 5.74) is 0.704. The van der Waals surface area contributed by atoms with Crippen LogP contribution in [0.25, 0.3) is 10.2 Å². The molecule has 0 fully saturated rings. The molecule has 3 rings (SSSR count). The third-order valence-corrected chi connectivity index (χ3v) is 4.83. The van der Waals surface area contributed by atoms with Gasteiger partial charge < -0.3 is 10.6 Å². The summed E-state index contributed by atoms with van der Waals surface area (Å²) < 4.78 is 14.7. The van der Waals surface area contributed by atoms with E-state index in [0.29, 0.717) is 5.13 Å². The molecule has 7 heteroatoms. The van der Waals surface area contributed by atoms with Crippen LogP contribution in [0.4, 0.5) is 9.52 Å². The van der Waals surface area contributed by atoms with Crippen molar-refractivity contribution in [3.05, 3.63) is 59.9 Å². The predicted octanol–water partition coefficient (Wildman–Crippen LogP) is 3.83. The quantitative estimate of drug-likeness (QED) is 0.716. The third-order valence-electron chi connectivity index (χ3n) is 3.88. The molecule has 1 heterocycles. The minimum atomic E-state index is -0.811. The number of halogens is 1. The van der Waals surface area contributed by atoms with Crippen LogP contribution in [0.2, 0.25) is 0 Å². The third kappa shape index (κ3) is 3.88. The number of nitrogens with one attached hydrogen (secondary N) is 2. The first kappa shape index (κ1) is 18.0. The first-order valence-corrected chi connectivity index (χ1v) is 8.99. The Hall–Kier alpha value is -2.80. The molecule has 1 atom stereocenters. The molecule has 0 saturated heterocycles. The zero-order chi connectivity index (χ0) is 18.7. The number of carbonyl (C=O) groups excluding carboxylic acids is 2. The lowest BCUT2D eigenvalue weighted by atomic mass is 10.0. The monoisotopic (exact) mass is 371 g/mol. The highest BCUT2D eigenvalue weighted by atomic mass is 32.1. The highest BCUT2D eigenvalue weighted by Crippen LogP contribution is 2.25. The van der Waals surface area contributed by atoms with Gasteiger partial charge in [-0.2, -0.15) is 0 Å². The summed E-state index contributed by atoms with van der Waals surface area (Å²) in [4.78, 5) is 29.3. The van der Waals surface area contributed by atoms with Crippen LogP contribution in [0.1, 0.15) is 24.2 Å². The summed E-state index contributed by atoms with van der Waals surface area (Å²) in [6.07, 6.45) is 0. The Kier molecular flexibility index (Phi) is 5.27. The van der Waals surface area contributed by atoms with E-state index in [1.54, 1.807) is 6.07 Å². The maximum atomic E-state index is 13.8. The maximum Gasteiger partial charge on any atom is 0.254 e. The van der Waals surface area contributed by atoms with Crippen LogP contribution in [0.3, 0.4) is 0 Å². The van der Waals surface area contributed by atoms with Crippen molar-refractivity contribution < 1.29 is 14.0 Å². The standard InChI is InChI=1S/C19H18FN3O2S/c1-11(2)16(22-17(24)12-7-3-4-8-13(12)20)18(25)23-19-21-14-9-5-6-10-15(14)26-19/h3-11,16H,1-2H3,(H,22,24)(H,21,23,25)/t16-/m0/s1. The number of aromatic nitrogens is 1. The van der Waals surface area contributed by atoms with Gasteiger partial charge >= 0.3 is 0 Å². The number of fused-ring (bicyclic) bond motifs is 1. The molecule has 0 unspecified atom stereocenters. The second-order valence-corrected chi connectivity index (χ2v) is 7.18. The summed E-state index contributed by atoms with van der Waals surface area (Å²) in [5, 5.41) is 5.82. The van der Waals surface area contributed by atoms with E-state index in [-0.39, 0.29) is 17.4 Å². The van der Waals surface area contributed by atoms with E-state index >= 15 is 0 Å². The Morgan fingerprint density at radius 2 is 1.77 bits per heavy atom. The molecule has 134 valence electrons. The highest BCUT2D eigenvalue weighted by molar-refractivity contribution is 7.22. The molecule has 0 aliphatic heterocycles. The molecule has 2 aromatic carbocycles. The van der Waals surface area contributed by atoms with Gasteiger partial charge in [0.25, 0.3) is 5.91 Å². The number of anilines is 1. The molecule has 0 saturated carbocycles. The maximum absolute atomic E-state index is 13.8. The fourth-order valence-corrected chi connectivity index (χ4v) is 3.38. The molecule has 1 aromatic heterocycles. The molecule has 5 nitrogen and oxygen atoms in total. The molecule has 0 aliphatic rings. The molecule has 0 aliphatic carbocycles. The van der Waals surface area contributed by atoms with Crippen LogP contribution in [-0.4, -0.2) is 22.8 Å². The van der Waals surface area contributed by atoms with E-state index in [2.05, 4.69) is 15.6 Å². The topological polar surface area (TPSA) is 71.1 Å². The SMILES string of the molecule is CC(C)[C@H](NC(=O)c1ccccc1F)C(=O)Nc1nc2ccccc2s1. The number of nitrogens with zero attached hydrogens (tertiary/aromatic N) is 1. The van der Waals surface area contributed by atoms with Gasteiger partial charge in [-0.15, -0.1) is 0 Å². The largest absolute Gasteiger partial charge is 0.340 e. The number of hydrogen-bond donors (Lipinski definition) is 2. The first-order valence-electron chi connectivity index (χ1n) is 8.17. The lowest BCUT2D eigenvalue weighted by molar-refractivity contribution is -0.118. The fraction of sp³-hybridized carbons (Fsp3) is 0.211. The van der Waals surface area contributed by atoms with Gasteiger partial charge in [0.15, 0.2) is 5.13 Å². The lowest BCUT2D eigenvalue weighted by Gasteiger charge is -2.21. The van der Waals surface area contributed by atoms with Gasteiger partial charge in [-0.05, 0) is 30.2 Å². The van der Waals surface area contributed by atoms with E-state index in [9.17, 15) is 14.0 Å². The highest BCUT2D eigenvalue weighted by Gasteiger charge is 2.26. The van der Waals surface area contributed by atoms with Crippen molar-refractivity contribution in [2.45, 2.75) is 19.9 Å². The molecule has 0 radical (unpaired) electrons. The van der Waals surface area contributed by atoms with Crippen LogP contribution < -0.4 is 10.6 Å². The van der Waals surface area contributed by atoms with Crippen molar-refractivity contribution in [3.8, 4) is 0 Å². The average Bonchev–Trinajstić information content (AvgIpc) is 3.01. The fourth-order valence-electron chi connectivity index (χ4n) is 2.51. The van der Waals surface area contributed by atoms with E-state index in [4.69, 9.17) is 0 Å². The van der Waals surface area contributed by atoms with Crippen molar-refractivity contribution in [1.82, 2.24) is 10.3 Å². The van der Waals surface area contributed by atoms with Crippen molar-refractivity contribution in [2.75, 3.05) is 5.32 Å². The van der Waals surface area contributed by atoms with Gasteiger partial charge in [-0.25, -0.2) is 9.37 Å². The number of carbonyl (C=O) groups is 2. The Morgan fingerprint density at radius 1 is 1.08 bits per heavy atom. The molecular weight excluding hydrogens is 353 g/mol. The molecule has 0 bridgehead atoms. The Bertz CT molecular complexity index is 922. The van der Waals surface area contributed by atoms with Crippen LogP contribution in [-0.2, 0) is 4.79 Å². The second kappa shape index (κ2) is 7.61. The van der Waals surface area contributed by atoms with Gasteiger partial charge in [-0.3, -0.25) is 9.59 Å². The summed E-state index contributed by atoms with van der Waals surface area (Å²) in [7, 11) is 0. The molecule has 3 aromatic rings. The molecule has 2 N–H and O–H groups in total. The zero-order valence-corrected chi connectivity index (χ0v) is 15.1. The number of rotatable bonds is 5. The average molecular weight is 371 g/mol. The van der Waals surface area contributed by atoms with Crippen LogP contribution in [0, 0.1) is 11.7 Å². The van der Waals surface area contributed by atoms with E-state index in [1.807, 2.05) is 38.1 Å².